The Morgan fingerprint density at radius 3 is 1.73 bits per heavy atom. The van der Waals surface area contributed by atoms with E-state index in [9.17, 15) is 19.2 Å². The Morgan fingerprint density at radius 2 is 1.24 bits per heavy atom. The van der Waals surface area contributed by atoms with Gasteiger partial charge in [-0.3, -0.25) is 19.2 Å². The van der Waals surface area contributed by atoms with E-state index in [2.05, 4.69) is 13.8 Å². The number of thioether (sulfide) groups is 1. The minimum atomic E-state index is -1.30. The Hall–Kier alpha value is -3.12. The van der Waals surface area contributed by atoms with Gasteiger partial charge in [-0.2, -0.15) is 0 Å². The number of carbonyl (C=O) groups is 4. The Labute approximate surface area is 308 Å². The first-order chi connectivity index (χ1) is 23.3. The summed E-state index contributed by atoms with van der Waals surface area (Å²) < 4.78 is 36.8. The third-order valence-electron chi connectivity index (χ3n) is 8.24. The van der Waals surface area contributed by atoms with E-state index in [0.717, 1.165) is 11.1 Å². The summed E-state index contributed by atoms with van der Waals surface area (Å²) >= 11 is 1.32. The minimum Gasteiger partial charge on any atom is -0.475 e. The van der Waals surface area contributed by atoms with Gasteiger partial charge in [-0.05, 0) is 101 Å². The van der Waals surface area contributed by atoms with Gasteiger partial charge in [0.25, 0.3) is 0 Å². The van der Waals surface area contributed by atoms with Crippen LogP contribution in [0.1, 0.15) is 108 Å². The van der Waals surface area contributed by atoms with Gasteiger partial charge in [0.05, 0.1) is 27.7 Å². The van der Waals surface area contributed by atoms with Crippen molar-refractivity contribution < 1.29 is 47.6 Å². The van der Waals surface area contributed by atoms with Crippen molar-refractivity contribution in [2.45, 2.75) is 139 Å². The average Bonchev–Trinajstić information content (AvgIpc) is 3.50. The molecule has 0 spiro atoms. The lowest BCUT2D eigenvalue weighted by Crippen LogP contribution is -2.63. The van der Waals surface area contributed by atoms with E-state index in [-0.39, 0.29) is 12.6 Å². The number of aliphatic imine (C=N–C) groups is 1. The smallest absolute Gasteiger partial charge is 0.311 e. The molecule has 0 amide bonds. The van der Waals surface area contributed by atoms with E-state index in [1.165, 1.54) is 11.8 Å². The zero-order valence-electron chi connectivity index (χ0n) is 32.9. The lowest BCUT2D eigenvalue weighted by molar-refractivity contribution is -0.246. The molecule has 1 aromatic carbocycles. The monoisotopic (exact) mass is 733 g/mol. The molecule has 1 aromatic rings. The number of hydrogen-bond donors (Lipinski definition) is 0. The molecule has 12 heteroatoms. The van der Waals surface area contributed by atoms with Crippen LogP contribution in [-0.4, -0.2) is 78.9 Å². The number of rotatable bonds is 10. The SMILES string of the molecule is CC(C)[C@H]1COC(c2ccccc2CS[C@@H]2O[C@H](COC(=O)C(C)(C)C)[C@@H](OC(=O)C(C)(C)C)[C@H](OC(=O)C(C)(C)C)[C@H]2OC(=O)C(C)(C)C)=N1. The number of esters is 4. The summed E-state index contributed by atoms with van der Waals surface area (Å²) in [6.07, 6.45) is -4.87. The lowest BCUT2D eigenvalue weighted by Gasteiger charge is -2.46. The first-order valence-electron chi connectivity index (χ1n) is 17.7. The summed E-state index contributed by atoms with van der Waals surface area (Å²) in [4.78, 5) is 58.4. The molecule has 0 unspecified atom stereocenters. The van der Waals surface area contributed by atoms with Gasteiger partial charge in [0.15, 0.2) is 18.3 Å². The highest BCUT2D eigenvalue weighted by atomic mass is 32.2. The Balaban J connectivity index is 2.13. The standard InChI is InChI=1S/C39H59NO10S/c1-22(2)25-19-45-30(40-25)24-18-16-15-17-23(24)21-51-31-29(50-35(44)39(12,13)14)28(49-34(43)38(9,10)11)27(48-33(42)37(6,7)8)26(47-31)20-46-32(41)36(3,4)5/h15-18,22,25-29,31H,19-21H2,1-14H3/t25-,26-,27-,28+,29-,31+/m1/s1. The second-order valence-electron chi connectivity index (χ2n) is 17.8. The Morgan fingerprint density at radius 1 is 0.745 bits per heavy atom. The fourth-order valence-electron chi connectivity index (χ4n) is 4.73. The van der Waals surface area contributed by atoms with Crippen LogP contribution in [0.3, 0.4) is 0 Å². The molecule has 0 radical (unpaired) electrons. The molecule has 11 nitrogen and oxygen atoms in total. The van der Waals surface area contributed by atoms with Gasteiger partial charge in [0.1, 0.15) is 24.8 Å². The van der Waals surface area contributed by atoms with Crippen LogP contribution in [0, 0.1) is 27.6 Å². The van der Waals surface area contributed by atoms with Crippen LogP contribution in [0.15, 0.2) is 29.3 Å². The molecule has 2 aliphatic rings. The maximum absolute atomic E-state index is 13.6. The molecule has 0 saturated carbocycles. The molecule has 2 heterocycles. The van der Waals surface area contributed by atoms with Crippen LogP contribution < -0.4 is 0 Å². The maximum atomic E-state index is 13.6. The molecule has 3 rings (SSSR count). The van der Waals surface area contributed by atoms with Crippen molar-refractivity contribution in [2.75, 3.05) is 13.2 Å². The Bertz CT molecular complexity index is 1440. The van der Waals surface area contributed by atoms with E-state index in [4.69, 9.17) is 33.4 Å². The van der Waals surface area contributed by atoms with E-state index in [1.807, 2.05) is 24.3 Å². The second-order valence-corrected chi connectivity index (χ2v) is 18.9. The molecular weight excluding hydrogens is 674 g/mol. The van der Waals surface area contributed by atoms with Crippen LogP contribution in [0.4, 0.5) is 0 Å². The zero-order chi connectivity index (χ0) is 38.7. The number of carbonyl (C=O) groups excluding carboxylic acids is 4. The fourth-order valence-corrected chi connectivity index (χ4v) is 5.95. The Kier molecular flexibility index (Phi) is 13.5. The first-order valence-corrected chi connectivity index (χ1v) is 18.7. The maximum Gasteiger partial charge on any atom is 0.311 e. The van der Waals surface area contributed by atoms with Gasteiger partial charge in [-0.1, -0.05) is 32.0 Å². The highest BCUT2D eigenvalue weighted by Gasteiger charge is 2.54. The highest BCUT2D eigenvalue weighted by Crippen LogP contribution is 2.39. The number of benzene rings is 1. The summed E-state index contributed by atoms with van der Waals surface area (Å²) in [5, 5.41) is 0. The number of ether oxygens (including phenoxy) is 6. The van der Waals surface area contributed by atoms with Gasteiger partial charge >= 0.3 is 23.9 Å². The predicted octanol–water partition coefficient (Wildman–Crippen LogP) is 6.91. The van der Waals surface area contributed by atoms with Crippen LogP contribution in [-0.2, 0) is 53.4 Å². The van der Waals surface area contributed by atoms with Gasteiger partial charge in [-0.25, -0.2) is 4.99 Å². The first kappa shape index (κ1) is 42.3. The normalized spacial score (nSPS) is 24.3. The van der Waals surface area contributed by atoms with Crippen LogP contribution >= 0.6 is 11.8 Å². The summed E-state index contributed by atoms with van der Waals surface area (Å²) in [7, 11) is 0. The molecule has 2 aliphatic heterocycles. The van der Waals surface area contributed by atoms with E-state index >= 15 is 0 Å². The largest absolute Gasteiger partial charge is 0.475 e. The van der Waals surface area contributed by atoms with Gasteiger partial charge in [0.2, 0.25) is 5.90 Å². The topological polar surface area (TPSA) is 136 Å². The number of nitrogens with zero attached hydrogens (tertiary/aromatic N) is 1. The van der Waals surface area contributed by atoms with Crippen molar-refractivity contribution >= 4 is 41.5 Å². The van der Waals surface area contributed by atoms with Gasteiger partial charge in [0, 0.05) is 11.3 Å². The molecule has 1 saturated heterocycles. The van der Waals surface area contributed by atoms with E-state index in [0.29, 0.717) is 24.2 Å². The minimum absolute atomic E-state index is 0.0474. The second kappa shape index (κ2) is 16.3. The van der Waals surface area contributed by atoms with Crippen LogP contribution in [0.5, 0.6) is 0 Å². The lowest BCUT2D eigenvalue weighted by atomic mass is 9.93. The molecule has 286 valence electrons. The van der Waals surface area contributed by atoms with Crippen molar-refractivity contribution in [2.24, 2.45) is 32.6 Å². The van der Waals surface area contributed by atoms with E-state index < -0.39 is 75.4 Å². The summed E-state index contributed by atoms with van der Waals surface area (Å²) in [6, 6.07) is 7.79. The molecule has 0 N–H and O–H groups in total. The van der Waals surface area contributed by atoms with Crippen LogP contribution in [0.25, 0.3) is 0 Å². The molecule has 51 heavy (non-hydrogen) atoms. The molecule has 0 aromatic heterocycles. The van der Waals surface area contributed by atoms with E-state index in [1.54, 1.807) is 83.1 Å². The van der Waals surface area contributed by atoms with Crippen molar-refractivity contribution in [3.8, 4) is 0 Å². The molecule has 0 bridgehead atoms. The fraction of sp³-hybridized carbons (Fsp3) is 0.718. The third-order valence-corrected chi connectivity index (χ3v) is 9.43. The van der Waals surface area contributed by atoms with Crippen molar-refractivity contribution in [1.29, 1.82) is 0 Å². The zero-order valence-corrected chi connectivity index (χ0v) is 33.7. The van der Waals surface area contributed by atoms with Crippen molar-refractivity contribution in [3.05, 3.63) is 35.4 Å². The van der Waals surface area contributed by atoms with Gasteiger partial charge in [-0.15, -0.1) is 11.8 Å². The van der Waals surface area contributed by atoms with Gasteiger partial charge < -0.3 is 28.4 Å². The average molecular weight is 734 g/mol. The quantitative estimate of drug-likeness (QED) is 0.183. The van der Waals surface area contributed by atoms with Crippen molar-refractivity contribution in [3.63, 3.8) is 0 Å². The summed E-state index contributed by atoms with van der Waals surface area (Å²) in [5.74, 6) is -1.02. The molecule has 0 aliphatic carbocycles. The van der Waals surface area contributed by atoms with Crippen molar-refractivity contribution in [1.82, 2.24) is 0 Å². The summed E-state index contributed by atoms with van der Waals surface area (Å²) in [6.45, 7) is 24.9. The predicted molar refractivity (Wildman–Crippen MR) is 196 cm³/mol. The molecule has 6 atom stereocenters. The summed E-state index contributed by atoms with van der Waals surface area (Å²) in [5.41, 5.74) is -2.88. The third kappa shape index (κ3) is 11.4. The van der Waals surface area contributed by atoms with Crippen LogP contribution in [0.2, 0.25) is 0 Å². The highest BCUT2D eigenvalue weighted by molar-refractivity contribution is 7.99. The molecular formula is C39H59NO10S. The number of hydrogen-bond acceptors (Lipinski definition) is 12. The molecule has 1 fully saturated rings.